The van der Waals surface area contributed by atoms with E-state index in [1.165, 1.54) is 35.1 Å². The minimum absolute atomic E-state index is 0.701. The molecule has 1 fully saturated rings. The second kappa shape index (κ2) is 3.26. The van der Waals surface area contributed by atoms with Crippen LogP contribution in [-0.2, 0) is 0 Å². The van der Waals surface area contributed by atoms with Crippen LogP contribution in [0.2, 0.25) is 0 Å². The summed E-state index contributed by atoms with van der Waals surface area (Å²) >= 11 is 0. The van der Waals surface area contributed by atoms with Gasteiger partial charge in [-0.3, -0.25) is 0 Å². The van der Waals surface area contributed by atoms with Crippen molar-refractivity contribution in [3.8, 4) is 0 Å². The van der Waals surface area contributed by atoms with Gasteiger partial charge in [-0.05, 0) is 51.7 Å². The van der Waals surface area contributed by atoms with E-state index < -0.39 is 0 Å². The summed E-state index contributed by atoms with van der Waals surface area (Å²) in [6, 6.07) is 0. The number of hydrogen-bond donors (Lipinski definition) is 1. The Morgan fingerprint density at radius 2 is 1.58 bits per heavy atom. The van der Waals surface area contributed by atoms with Crippen LogP contribution in [0.5, 0.6) is 0 Å². The lowest BCUT2D eigenvalue weighted by atomic mass is 9.98. The highest BCUT2D eigenvalue weighted by molar-refractivity contribution is 6.00. The van der Waals surface area contributed by atoms with E-state index in [2.05, 4.69) is 20.8 Å². The standard InChI is InChI=1S/C11H17N/c1-7(2)11(9(4)12)8(3)10-5-6-10/h12H,5-6H2,1-4H3. The average molecular weight is 163 g/mol. The Morgan fingerprint density at radius 1 is 1.08 bits per heavy atom. The van der Waals surface area contributed by atoms with Crippen LogP contribution < -0.4 is 0 Å². The molecule has 1 rings (SSSR count). The van der Waals surface area contributed by atoms with Crippen LogP contribution in [0.15, 0.2) is 22.3 Å². The van der Waals surface area contributed by atoms with Crippen molar-refractivity contribution < 1.29 is 0 Å². The topological polar surface area (TPSA) is 23.9 Å². The Morgan fingerprint density at radius 3 is 1.83 bits per heavy atom. The molecule has 0 amide bonds. The molecule has 1 nitrogen and oxygen atoms in total. The summed E-state index contributed by atoms with van der Waals surface area (Å²) in [6.45, 7) is 8.18. The van der Waals surface area contributed by atoms with Crippen molar-refractivity contribution in [2.45, 2.75) is 40.5 Å². The first kappa shape index (κ1) is 9.24. The van der Waals surface area contributed by atoms with E-state index in [4.69, 9.17) is 5.41 Å². The van der Waals surface area contributed by atoms with E-state index in [1.807, 2.05) is 6.92 Å². The molecule has 66 valence electrons. The molecule has 0 aliphatic heterocycles. The van der Waals surface area contributed by atoms with Gasteiger partial charge in [0, 0.05) is 5.71 Å². The lowest BCUT2D eigenvalue weighted by molar-refractivity contribution is 1.27. The van der Waals surface area contributed by atoms with E-state index in [1.54, 1.807) is 0 Å². The first-order valence-corrected chi connectivity index (χ1v) is 4.46. The Labute approximate surface area is 74.7 Å². The van der Waals surface area contributed by atoms with E-state index >= 15 is 0 Å². The molecule has 0 aromatic rings. The predicted molar refractivity (Wildman–Crippen MR) is 53.7 cm³/mol. The van der Waals surface area contributed by atoms with Crippen LogP contribution >= 0.6 is 0 Å². The quantitative estimate of drug-likeness (QED) is 0.603. The van der Waals surface area contributed by atoms with E-state index in [0.29, 0.717) is 5.71 Å². The smallest absolute Gasteiger partial charge is 0.0357 e. The van der Waals surface area contributed by atoms with Crippen molar-refractivity contribution in [3.05, 3.63) is 22.3 Å². The van der Waals surface area contributed by atoms with Crippen LogP contribution in [0, 0.1) is 5.41 Å². The Bertz CT molecular complexity index is 269. The first-order valence-electron chi connectivity index (χ1n) is 4.46. The van der Waals surface area contributed by atoms with E-state index in [9.17, 15) is 0 Å². The molecule has 0 spiro atoms. The highest BCUT2D eigenvalue weighted by Gasteiger charge is 2.18. The molecule has 1 aliphatic carbocycles. The highest BCUT2D eigenvalue weighted by atomic mass is 14.4. The number of hydrogen-bond acceptors (Lipinski definition) is 1. The number of nitrogens with one attached hydrogen (secondary N) is 1. The van der Waals surface area contributed by atoms with Gasteiger partial charge in [0.25, 0.3) is 0 Å². The predicted octanol–water partition coefficient (Wildman–Crippen LogP) is 3.47. The molecule has 0 saturated heterocycles. The molecule has 0 heterocycles. The SMILES string of the molecule is CC(=N)C(=C(C)C)C(C)=C1CC1. The molecular formula is C11H17N. The van der Waals surface area contributed by atoms with Crippen LogP contribution in [0.4, 0.5) is 0 Å². The molecule has 1 aliphatic rings. The maximum absolute atomic E-state index is 7.64. The third-order valence-corrected chi connectivity index (χ3v) is 2.28. The summed E-state index contributed by atoms with van der Waals surface area (Å²) in [5.41, 5.74) is 6.02. The second-order valence-corrected chi connectivity index (χ2v) is 3.73. The van der Waals surface area contributed by atoms with Gasteiger partial charge < -0.3 is 5.41 Å². The minimum atomic E-state index is 0.701. The molecule has 0 aromatic heterocycles. The minimum Gasteiger partial charge on any atom is -0.305 e. The third kappa shape index (κ3) is 1.84. The monoisotopic (exact) mass is 163 g/mol. The fourth-order valence-corrected chi connectivity index (χ4v) is 1.65. The number of allylic oxidation sites excluding steroid dienone is 4. The molecule has 0 unspecified atom stereocenters. The second-order valence-electron chi connectivity index (χ2n) is 3.73. The van der Waals surface area contributed by atoms with Gasteiger partial charge in [-0.15, -0.1) is 0 Å². The lowest BCUT2D eigenvalue weighted by Crippen LogP contribution is -1.99. The van der Waals surface area contributed by atoms with Crippen LogP contribution in [-0.4, -0.2) is 5.71 Å². The van der Waals surface area contributed by atoms with Gasteiger partial charge in [-0.2, -0.15) is 0 Å². The van der Waals surface area contributed by atoms with Crippen molar-refractivity contribution in [3.63, 3.8) is 0 Å². The molecule has 0 radical (unpaired) electrons. The zero-order valence-electron chi connectivity index (χ0n) is 8.41. The summed E-state index contributed by atoms with van der Waals surface area (Å²) in [6.07, 6.45) is 2.49. The molecule has 1 heteroatoms. The van der Waals surface area contributed by atoms with E-state index in [0.717, 1.165) is 0 Å². The Hall–Kier alpha value is -0.850. The van der Waals surface area contributed by atoms with Crippen LogP contribution in [0.25, 0.3) is 0 Å². The van der Waals surface area contributed by atoms with Crippen molar-refractivity contribution in [1.29, 1.82) is 5.41 Å². The van der Waals surface area contributed by atoms with Gasteiger partial charge in [0.2, 0.25) is 0 Å². The molecule has 12 heavy (non-hydrogen) atoms. The largest absolute Gasteiger partial charge is 0.305 e. The summed E-state index contributed by atoms with van der Waals surface area (Å²) < 4.78 is 0. The van der Waals surface area contributed by atoms with Crippen LogP contribution in [0.1, 0.15) is 40.5 Å². The molecule has 0 bridgehead atoms. The molecular weight excluding hydrogens is 146 g/mol. The van der Waals surface area contributed by atoms with Gasteiger partial charge in [0.1, 0.15) is 0 Å². The molecule has 0 atom stereocenters. The first-order chi connectivity index (χ1) is 5.54. The van der Waals surface area contributed by atoms with Crippen LogP contribution in [0.3, 0.4) is 0 Å². The third-order valence-electron chi connectivity index (χ3n) is 2.28. The Balaban J connectivity index is 3.04. The van der Waals surface area contributed by atoms with Crippen molar-refractivity contribution in [1.82, 2.24) is 0 Å². The van der Waals surface area contributed by atoms with Gasteiger partial charge in [0.15, 0.2) is 0 Å². The Kier molecular flexibility index (Phi) is 2.51. The summed E-state index contributed by atoms with van der Waals surface area (Å²) in [5, 5.41) is 7.64. The normalized spacial score (nSPS) is 14.2. The van der Waals surface area contributed by atoms with Crippen molar-refractivity contribution >= 4 is 5.71 Å². The summed E-state index contributed by atoms with van der Waals surface area (Å²) in [4.78, 5) is 0. The van der Waals surface area contributed by atoms with E-state index in [-0.39, 0.29) is 0 Å². The summed E-state index contributed by atoms with van der Waals surface area (Å²) in [5.74, 6) is 0. The van der Waals surface area contributed by atoms with Gasteiger partial charge in [-0.1, -0.05) is 11.1 Å². The number of rotatable bonds is 2. The van der Waals surface area contributed by atoms with Crippen molar-refractivity contribution in [2.75, 3.05) is 0 Å². The average Bonchev–Trinajstić information content (AvgIpc) is 2.64. The molecule has 0 aromatic carbocycles. The highest BCUT2D eigenvalue weighted by Crippen LogP contribution is 2.35. The van der Waals surface area contributed by atoms with Gasteiger partial charge in [0.05, 0.1) is 0 Å². The maximum atomic E-state index is 7.64. The zero-order valence-corrected chi connectivity index (χ0v) is 8.41. The zero-order chi connectivity index (χ0) is 9.30. The molecule has 1 saturated carbocycles. The van der Waals surface area contributed by atoms with Gasteiger partial charge >= 0.3 is 0 Å². The molecule has 1 N–H and O–H groups in total. The fraction of sp³-hybridized carbons (Fsp3) is 0.545. The van der Waals surface area contributed by atoms with Crippen molar-refractivity contribution in [2.24, 2.45) is 0 Å². The lowest BCUT2D eigenvalue weighted by Gasteiger charge is -2.08. The van der Waals surface area contributed by atoms with Gasteiger partial charge in [-0.25, -0.2) is 0 Å². The summed E-state index contributed by atoms with van der Waals surface area (Å²) in [7, 11) is 0. The fourth-order valence-electron chi connectivity index (χ4n) is 1.65. The maximum Gasteiger partial charge on any atom is 0.0357 e.